The smallest absolute Gasteiger partial charge is 0.318 e. The Balaban J connectivity index is 1.45. The minimum absolute atomic E-state index is 0.0239. The van der Waals surface area contributed by atoms with E-state index in [2.05, 4.69) is 15.3 Å². The molecule has 0 unspecified atom stereocenters. The lowest BCUT2D eigenvalue weighted by Crippen LogP contribution is -2.52. The van der Waals surface area contributed by atoms with E-state index < -0.39 is 15.9 Å². The highest BCUT2D eigenvalue weighted by molar-refractivity contribution is 7.91. The molecule has 2 amide bonds. The fourth-order valence-corrected chi connectivity index (χ4v) is 5.37. The summed E-state index contributed by atoms with van der Waals surface area (Å²) < 4.78 is 25.8. The summed E-state index contributed by atoms with van der Waals surface area (Å²) >= 11 is 0. The normalized spacial score (nSPS) is 29.7. The van der Waals surface area contributed by atoms with Crippen LogP contribution >= 0.6 is 0 Å². The number of hydrogen-bond donors (Lipinski definition) is 1. The Morgan fingerprint density at radius 1 is 1.28 bits per heavy atom. The summed E-state index contributed by atoms with van der Waals surface area (Å²) in [6.07, 6.45) is 6.94. The fourth-order valence-electron chi connectivity index (χ4n) is 3.87. The topological polar surface area (TPSA) is 87.5 Å². The molecular formula is C16H25N5O3S. The zero-order chi connectivity index (χ0) is 17.6. The van der Waals surface area contributed by atoms with Crippen molar-refractivity contribution in [2.24, 2.45) is 7.05 Å². The Morgan fingerprint density at radius 3 is 2.76 bits per heavy atom. The number of aryl methyl sites for hydroxylation is 1. The largest absolute Gasteiger partial charge is 0.334 e. The molecule has 9 heteroatoms. The Hall–Kier alpha value is -1.61. The first-order valence-electron chi connectivity index (χ1n) is 8.91. The maximum absolute atomic E-state index is 12.8. The molecule has 4 rings (SSSR count). The number of nitrogens with one attached hydrogen (secondary N) is 1. The molecule has 0 radical (unpaired) electrons. The molecule has 1 saturated carbocycles. The second-order valence-electron chi connectivity index (χ2n) is 7.43. The van der Waals surface area contributed by atoms with Crippen LogP contribution in [-0.4, -0.2) is 77.3 Å². The maximum atomic E-state index is 12.8. The molecule has 1 aromatic rings. The van der Waals surface area contributed by atoms with E-state index in [-0.39, 0.29) is 30.1 Å². The molecule has 3 heterocycles. The van der Waals surface area contributed by atoms with Crippen molar-refractivity contribution < 1.29 is 13.2 Å². The van der Waals surface area contributed by atoms with E-state index in [0.29, 0.717) is 6.04 Å². The number of hydrogen-bond acceptors (Lipinski definition) is 5. The van der Waals surface area contributed by atoms with E-state index in [1.54, 1.807) is 29.0 Å². The third-order valence-electron chi connectivity index (χ3n) is 5.41. The number of carbonyl (C=O) groups is 1. The van der Waals surface area contributed by atoms with Crippen molar-refractivity contribution in [2.75, 3.05) is 31.1 Å². The first kappa shape index (κ1) is 16.8. The Bertz CT molecular complexity index is 758. The van der Waals surface area contributed by atoms with Crippen molar-refractivity contribution in [3.8, 4) is 0 Å². The summed E-state index contributed by atoms with van der Waals surface area (Å²) in [5.41, 5.74) is 0.770. The quantitative estimate of drug-likeness (QED) is 0.821. The number of rotatable bonds is 3. The van der Waals surface area contributed by atoms with Crippen LogP contribution in [0.3, 0.4) is 0 Å². The third kappa shape index (κ3) is 3.67. The van der Waals surface area contributed by atoms with Crippen LogP contribution in [0.5, 0.6) is 0 Å². The molecule has 0 bridgehead atoms. The first-order chi connectivity index (χ1) is 11.9. The number of sulfone groups is 1. The monoisotopic (exact) mass is 367 g/mol. The number of likely N-dealkylation sites (tertiary alicyclic amines) is 1. The van der Waals surface area contributed by atoms with Gasteiger partial charge in [-0.15, -0.1) is 0 Å². The Morgan fingerprint density at radius 2 is 2.08 bits per heavy atom. The van der Waals surface area contributed by atoms with Gasteiger partial charge in [-0.2, -0.15) is 5.10 Å². The van der Waals surface area contributed by atoms with Gasteiger partial charge in [0.15, 0.2) is 9.84 Å². The van der Waals surface area contributed by atoms with Gasteiger partial charge in [0, 0.05) is 50.5 Å². The SMILES string of the molecule is Cn1cc([C@@H]2CS(=O)(=O)CCN2C(=O)N[C@H]2CCN(C3CC3)C2)cn1. The number of urea groups is 1. The summed E-state index contributed by atoms with van der Waals surface area (Å²) in [6.45, 7) is 2.17. The predicted octanol–water partition coefficient (Wildman–Crippen LogP) is 0.138. The molecule has 3 aliphatic rings. The van der Waals surface area contributed by atoms with Crippen LogP contribution in [0, 0.1) is 0 Å². The van der Waals surface area contributed by atoms with Gasteiger partial charge in [-0.1, -0.05) is 0 Å². The molecular weight excluding hydrogens is 342 g/mol. The zero-order valence-electron chi connectivity index (χ0n) is 14.5. The Kier molecular flexibility index (Phi) is 4.23. The van der Waals surface area contributed by atoms with E-state index in [4.69, 9.17) is 0 Å². The molecule has 138 valence electrons. The average Bonchev–Trinajstić information content (AvgIpc) is 3.15. The summed E-state index contributed by atoms with van der Waals surface area (Å²) in [5, 5.41) is 7.25. The van der Waals surface area contributed by atoms with Gasteiger partial charge >= 0.3 is 6.03 Å². The molecule has 8 nitrogen and oxygen atoms in total. The lowest BCUT2D eigenvalue weighted by molar-refractivity contribution is 0.176. The predicted molar refractivity (Wildman–Crippen MR) is 92.8 cm³/mol. The van der Waals surface area contributed by atoms with Crippen LogP contribution in [0.2, 0.25) is 0 Å². The molecule has 2 aliphatic heterocycles. The fraction of sp³-hybridized carbons (Fsp3) is 0.750. The number of nitrogens with zero attached hydrogens (tertiary/aromatic N) is 4. The average molecular weight is 367 g/mol. The first-order valence-corrected chi connectivity index (χ1v) is 10.7. The van der Waals surface area contributed by atoms with Crippen LogP contribution in [0.1, 0.15) is 30.9 Å². The molecule has 25 heavy (non-hydrogen) atoms. The number of aromatic nitrogens is 2. The van der Waals surface area contributed by atoms with E-state index >= 15 is 0 Å². The highest BCUT2D eigenvalue weighted by Crippen LogP contribution is 2.30. The second-order valence-corrected chi connectivity index (χ2v) is 9.66. The summed E-state index contributed by atoms with van der Waals surface area (Å²) in [5.74, 6) is -0.0129. The number of amides is 2. The Labute approximate surface area is 148 Å². The van der Waals surface area contributed by atoms with Crippen molar-refractivity contribution >= 4 is 15.9 Å². The van der Waals surface area contributed by atoms with Crippen LogP contribution < -0.4 is 5.32 Å². The van der Waals surface area contributed by atoms with E-state index in [1.807, 2.05) is 0 Å². The van der Waals surface area contributed by atoms with E-state index in [9.17, 15) is 13.2 Å². The van der Waals surface area contributed by atoms with Gasteiger partial charge in [0.2, 0.25) is 0 Å². The lowest BCUT2D eigenvalue weighted by Gasteiger charge is -2.35. The molecule has 0 aromatic carbocycles. The third-order valence-corrected chi connectivity index (χ3v) is 7.04. The highest BCUT2D eigenvalue weighted by atomic mass is 32.2. The molecule has 1 aliphatic carbocycles. The lowest BCUT2D eigenvalue weighted by atomic mass is 10.1. The van der Waals surface area contributed by atoms with E-state index in [0.717, 1.165) is 25.1 Å². The van der Waals surface area contributed by atoms with Gasteiger partial charge in [0.1, 0.15) is 0 Å². The van der Waals surface area contributed by atoms with Gasteiger partial charge in [-0.05, 0) is 19.3 Å². The summed E-state index contributed by atoms with van der Waals surface area (Å²) in [7, 11) is -1.36. The number of carbonyl (C=O) groups excluding carboxylic acids is 1. The van der Waals surface area contributed by atoms with Gasteiger partial charge in [0.25, 0.3) is 0 Å². The summed E-state index contributed by atoms with van der Waals surface area (Å²) in [6, 6.07) is 0.242. The molecule has 0 spiro atoms. The van der Waals surface area contributed by atoms with Gasteiger partial charge in [0.05, 0.1) is 23.7 Å². The molecule has 2 atom stereocenters. The standard InChI is InChI=1S/C16H25N5O3S/c1-19-9-12(8-17-19)15-11-25(23,24)7-6-21(15)16(22)18-13-4-5-20(10-13)14-2-3-14/h8-9,13-15H,2-7,10-11H2,1H3,(H,18,22)/t13-,15-/m0/s1. The molecule has 1 N–H and O–H groups in total. The second kappa shape index (κ2) is 6.28. The van der Waals surface area contributed by atoms with Crippen molar-refractivity contribution in [3.05, 3.63) is 18.0 Å². The highest BCUT2D eigenvalue weighted by Gasteiger charge is 2.38. The van der Waals surface area contributed by atoms with Crippen LogP contribution in [-0.2, 0) is 16.9 Å². The summed E-state index contributed by atoms with van der Waals surface area (Å²) in [4.78, 5) is 16.9. The van der Waals surface area contributed by atoms with Gasteiger partial charge < -0.3 is 10.2 Å². The van der Waals surface area contributed by atoms with Crippen LogP contribution in [0.25, 0.3) is 0 Å². The van der Waals surface area contributed by atoms with E-state index in [1.165, 1.54) is 12.8 Å². The van der Waals surface area contributed by atoms with Crippen LogP contribution in [0.15, 0.2) is 12.4 Å². The minimum atomic E-state index is -3.14. The van der Waals surface area contributed by atoms with Crippen molar-refractivity contribution in [1.29, 1.82) is 0 Å². The van der Waals surface area contributed by atoms with Crippen molar-refractivity contribution in [1.82, 2.24) is 24.9 Å². The van der Waals surface area contributed by atoms with Crippen LogP contribution in [0.4, 0.5) is 4.79 Å². The zero-order valence-corrected chi connectivity index (χ0v) is 15.3. The minimum Gasteiger partial charge on any atom is -0.334 e. The van der Waals surface area contributed by atoms with Gasteiger partial charge in [-0.25, -0.2) is 13.2 Å². The molecule has 1 aromatic heterocycles. The van der Waals surface area contributed by atoms with Gasteiger partial charge in [-0.3, -0.25) is 9.58 Å². The van der Waals surface area contributed by atoms with Crippen molar-refractivity contribution in [3.63, 3.8) is 0 Å². The molecule has 2 saturated heterocycles. The maximum Gasteiger partial charge on any atom is 0.318 e. The molecule has 3 fully saturated rings. The van der Waals surface area contributed by atoms with Crippen molar-refractivity contribution in [2.45, 2.75) is 37.4 Å².